The largest absolute Gasteiger partial charge is 0.488 e. The maximum Gasteiger partial charge on any atom is 0.488 e. The van der Waals surface area contributed by atoms with Gasteiger partial charge in [-0.25, -0.2) is 4.39 Å². The molecule has 0 radical (unpaired) electrons. The highest BCUT2D eigenvalue weighted by atomic mass is 19.1. The van der Waals surface area contributed by atoms with E-state index >= 15 is 0 Å². The summed E-state index contributed by atoms with van der Waals surface area (Å²) in [6, 6.07) is 4.09. The van der Waals surface area contributed by atoms with Gasteiger partial charge in [0.05, 0.1) is 13.2 Å². The van der Waals surface area contributed by atoms with Gasteiger partial charge in [0, 0.05) is 18.8 Å². The fourth-order valence-electron chi connectivity index (χ4n) is 1.75. The van der Waals surface area contributed by atoms with Crippen LogP contribution in [0.5, 0.6) is 0 Å². The summed E-state index contributed by atoms with van der Waals surface area (Å²) >= 11 is 0. The Morgan fingerprint density at radius 2 is 1.88 bits per heavy atom. The van der Waals surface area contributed by atoms with Crippen LogP contribution in [0.4, 0.5) is 10.1 Å². The van der Waals surface area contributed by atoms with E-state index in [4.69, 9.17) is 14.8 Å². The van der Waals surface area contributed by atoms with Gasteiger partial charge in [-0.1, -0.05) is 0 Å². The number of benzene rings is 1. The molecule has 86 valence electrons. The maximum absolute atomic E-state index is 13.3. The minimum atomic E-state index is -1.64. The Bertz CT molecular complexity index is 369. The molecule has 1 heterocycles. The number of morpholine rings is 1. The molecule has 4 nitrogen and oxygen atoms in total. The van der Waals surface area contributed by atoms with Crippen molar-refractivity contribution in [2.75, 3.05) is 31.2 Å². The molecule has 6 heteroatoms. The van der Waals surface area contributed by atoms with E-state index in [-0.39, 0.29) is 5.46 Å². The second kappa shape index (κ2) is 4.82. The van der Waals surface area contributed by atoms with Crippen LogP contribution >= 0.6 is 0 Å². The van der Waals surface area contributed by atoms with Gasteiger partial charge in [-0.05, 0) is 23.7 Å². The molecule has 1 aromatic carbocycles. The topological polar surface area (TPSA) is 52.9 Å². The zero-order chi connectivity index (χ0) is 11.5. The molecule has 0 aromatic heterocycles. The van der Waals surface area contributed by atoms with Crippen LogP contribution in [-0.4, -0.2) is 43.5 Å². The molecule has 1 saturated heterocycles. The van der Waals surface area contributed by atoms with Crippen LogP contribution in [0, 0.1) is 5.82 Å². The van der Waals surface area contributed by atoms with Gasteiger partial charge in [-0.15, -0.1) is 0 Å². The molecule has 0 bridgehead atoms. The molecule has 1 fully saturated rings. The molecular weight excluding hydrogens is 212 g/mol. The average Bonchev–Trinajstić information content (AvgIpc) is 2.29. The summed E-state index contributed by atoms with van der Waals surface area (Å²) in [7, 11) is -1.64. The first-order valence-electron chi connectivity index (χ1n) is 5.16. The lowest BCUT2D eigenvalue weighted by molar-refractivity contribution is 0.122. The second-order valence-corrected chi connectivity index (χ2v) is 3.72. The molecular formula is C10H13BFNO3. The smallest absolute Gasteiger partial charge is 0.423 e. The van der Waals surface area contributed by atoms with E-state index in [1.807, 2.05) is 4.90 Å². The van der Waals surface area contributed by atoms with Gasteiger partial charge in [0.25, 0.3) is 0 Å². The third-order valence-electron chi connectivity index (χ3n) is 2.58. The maximum atomic E-state index is 13.3. The van der Waals surface area contributed by atoms with Gasteiger partial charge in [-0.2, -0.15) is 0 Å². The lowest BCUT2D eigenvalue weighted by Crippen LogP contribution is -2.38. The lowest BCUT2D eigenvalue weighted by atomic mass is 9.80. The fourth-order valence-corrected chi connectivity index (χ4v) is 1.75. The van der Waals surface area contributed by atoms with Crippen molar-refractivity contribution in [3.8, 4) is 0 Å². The van der Waals surface area contributed by atoms with Crippen molar-refractivity contribution < 1.29 is 19.2 Å². The summed E-state index contributed by atoms with van der Waals surface area (Å²) in [4.78, 5) is 1.96. The summed E-state index contributed by atoms with van der Waals surface area (Å²) in [5, 5.41) is 18.0. The fraction of sp³-hybridized carbons (Fsp3) is 0.400. The van der Waals surface area contributed by atoms with E-state index in [1.165, 1.54) is 6.07 Å². The Morgan fingerprint density at radius 3 is 2.50 bits per heavy atom. The van der Waals surface area contributed by atoms with Crippen LogP contribution in [0.15, 0.2) is 18.2 Å². The molecule has 1 aromatic rings. The SMILES string of the molecule is OB(O)c1cc(F)cc(N2CCOCC2)c1. The number of hydrogen-bond acceptors (Lipinski definition) is 4. The van der Waals surface area contributed by atoms with E-state index in [0.29, 0.717) is 32.0 Å². The van der Waals surface area contributed by atoms with E-state index < -0.39 is 12.9 Å². The van der Waals surface area contributed by atoms with Crippen LogP contribution < -0.4 is 10.4 Å². The highest BCUT2D eigenvalue weighted by Gasteiger charge is 2.17. The average molecular weight is 225 g/mol. The van der Waals surface area contributed by atoms with Crippen LogP contribution in [-0.2, 0) is 4.74 Å². The number of rotatable bonds is 2. The van der Waals surface area contributed by atoms with Gasteiger partial charge in [0.15, 0.2) is 0 Å². The highest BCUT2D eigenvalue weighted by Crippen LogP contribution is 2.15. The van der Waals surface area contributed by atoms with Crippen molar-refractivity contribution in [3.05, 3.63) is 24.0 Å². The minimum absolute atomic E-state index is 0.168. The third kappa shape index (κ3) is 2.52. The highest BCUT2D eigenvalue weighted by molar-refractivity contribution is 6.58. The van der Waals surface area contributed by atoms with Gasteiger partial charge in [0.2, 0.25) is 0 Å². The zero-order valence-electron chi connectivity index (χ0n) is 8.77. The number of anilines is 1. The Hall–Kier alpha value is -1.11. The molecule has 0 spiro atoms. The first kappa shape index (κ1) is 11.4. The monoisotopic (exact) mass is 225 g/mol. The number of hydrogen-bond donors (Lipinski definition) is 2. The molecule has 2 rings (SSSR count). The van der Waals surface area contributed by atoms with Crippen molar-refractivity contribution in [1.29, 1.82) is 0 Å². The molecule has 0 saturated carbocycles. The van der Waals surface area contributed by atoms with Crippen molar-refractivity contribution >= 4 is 18.3 Å². The van der Waals surface area contributed by atoms with E-state index in [9.17, 15) is 4.39 Å². The van der Waals surface area contributed by atoms with E-state index in [2.05, 4.69) is 0 Å². The third-order valence-corrected chi connectivity index (χ3v) is 2.58. The summed E-state index contributed by atoms with van der Waals surface area (Å²) in [5.41, 5.74) is 0.827. The molecule has 0 amide bonds. The predicted octanol–water partition coefficient (Wildman–Crippen LogP) is -0.658. The summed E-state index contributed by atoms with van der Waals surface area (Å²) in [6.07, 6.45) is 0. The van der Waals surface area contributed by atoms with Gasteiger partial charge in [-0.3, -0.25) is 0 Å². The minimum Gasteiger partial charge on any atom is -0.423 e. The van der Waals surface area contributed by atoms with Crippen molar-refractivity contribution in [1.82, 2.24) is 0 Å². The number of halogens is 1. The predicted molar refractivity (Wildman–Crippen MR) is 59.3 cm³/mol. The number of ether oxygens (including phenoxy) is 1. The Kier molecular flexibility index (Phi) is 3.43. The van der Waals surface area contributed by atoms with Crippen LogP contribution in [0.2, 0.25) is 0 Å². The van der Waals surface area contributed by atoms with E-state index in [0.717, 1.165) is 6.07 Å². The first-order valence-corrected chi connectivity index (χ1v) is 5.16. The van der Waals surface area contributed by atoms with E-state index in [1.54, 1.807) is 6.07 Å². The zero-order valence-corrected chi connectivity index (χ0v) is 8.77. The molecule has 0 unspecified atom stereocenters. The number of nitrogens with zero attached hydrogens (tertiary/aromatic N) is 1. The quantitative estimate of drug-likeness (QED) is 0.656. The molecule has 1 aliphatic heterocycles. The lowest BCUT2D eigenvalue weighted by Gasteiger charge is -2.29. The molecule has 0 atom stereocenters. The van der Waals surface area contributed by atoms with Crippen molar-refractivity contribution in [3.63, 3.8) is 0 Å². The van der Waals surface area contributed by atoms with Crippen molar-refractivity contribution in [2.24, 2.45) is 0 Å². The normalized spacial score (nSPS) is 16.3. The van der Waals surface area contributed by atoms with Crippen LogP contribution in [0.25, 0.3) is 0 Å². The van der Waals surface area contributed by atoms with Gasteiger partial charge in [0.1, 0.15) is 5.82 Å². The summed E-state index contributed by atoms with van der Waals surface area (Å²) in [5.74, 6) is -0.466. The standard InChI is InChI=1S/C10H13BFNO3/c12-9-5-8(11(14)15)6-10(7-9)13-1-3-16-4-2-13/h5-7,14-15H,1-4H2. The molecule has 0 aliphatic carbocycles. The van der Waals surface area contributed by atoms with Crippen LogP contribution in [0.3, 0.4) is 0 Å². The van der Waals surface area contributed by atoms with Crippen molar-refractivity contribution in [2.45, 2.75) is 0 Å². The second-order valence-electron chi connectivity index (χ2n) is 3.72. The van der Waals surface area contributed by atoms with Gasteiger partial charge >= 0.3 is 7.12 Å². The summed E-state index contributed by atoms with van der Waals surface area (Å²) in [6.45, 7) is 2.58. The van der Waals surface area contributed by atoms with Crippen LogP contribution in [0.1, 0.15) is 0 Å². The Balaban J connectivity index is 2.25. The molecule has 1 aliphatic rings. The summed E-state index contributed by atoms with van der Waals surface area (Å²) < 4.78 is 18.5. The first-order chi connectivity index (χ1) is 7.66. The molecule has 2 N–H and O–H groups in total. The van der Waals surface area contributed by atoms with Gasteiger partial charge < -0.3 is 19.7 Å². The Morgan fingerprint density at radius 1 is 1.19 bits per heavy atom. The Labute approximate surface area is 93.4 Å². The molecule has 16 heavy (non-hydrogen) atoms.